The van der Waals surface area contributed by atoms with E-state index in [-0.39, 0.29) is 0 Å². The molecule has 1 atom stereocenters. The van der Waals surface area contributed by atoms with Gasteiger partial charge in [0.1, 0.15) is 6.10 Å². The zero-order valence-corrected chi connectivity index (χ0v) is 8.03. The number of carbonyl (C=O) groups excluding carboxylic acids is 1. The normalized spacial score (nSPS) is 11.8. The Morgan fingerprint density at radius 3 is 2.86 bits per heavy atom. The molecule has 0 aromatic carbocycles. The first-order chi connectivity index (χ1) is 6.65. The summed E-state index contributed by atoms with van der Waals surface area (Å²) in [5, 5.41) is 0. The van der Waals surface area contributed by atoms with Gasteiger partial charge >= 0.3 is 5.97 Å². The Morgan fingerprint density at radius 1 is 1.71 bits per heavy atom. The molecule has 1 rings (SSSR count). The van der Waals surface area contributed by atoms with E-state index in [1.165, 1.54) is 18.6 Å². The number of carbonyl (C=O) groups is 1. The van der Waals surface area contributed by atoms with Gasteiger partial charge in [0.05, 0.1) is 12.5 Å². The molecule has 1 unspecified atom stereocenters. The third kappa shape index (κ3) is 2.36. The van der Waals surface area contributed by atoms with E-state index in [4.69, 9.17) is 9.15 Å². The lowest BCUT2D eigenvalue weighted by molar-refractivity contribution is -0.142. The summed E-state index contributed by atoms with van der Waals surface area (Å²) in [6.07, 6.45) is 4.09. The van der Waals surface area contributed by atoms with E-state index in [2.05, 4.69) is 13.2 Å². The molecule has 0 spiro atoms. The maximum absolute atomic E-state index is 11.2. The molecule has 0 amide bonds. The Labute approximate surface area is 82.7 Å². The molecule has 3 nitrogen and oxygen atoms in total. The average molecular weight is 192 g/mol. The standard InChI is InChI=1S/C11H12O3/c1-4-10(9-5-6-13-7-9)14-11(12)8(2)3/h4-7,10H,1-2H2,3H3. The third-order valence-corrected chi connectivity index (χ3v) is 1.67. The van der Waals surface area contributed by atoms with Gasteiger partial charge in [0.25, 0.3) is 0 Å². The second-order valence-electron chi connectivity index (χ2n) is 2.90. The van der Waals surface area contributed by atoms with E-state index in [0.29, 0.717) is 5.57 Å². The van der Waals surface area contributed by atoms with Crippen LogP contribution in [0, 0.1) is 0 Å². The SMILES string of the molecule is C=CC(OC(=O)C(=C)C)c1ccoc1. The van der Waals surface area contributed by atoms with E-state index in [9.17, 15) is 4.79 Å². The number of ether oxygens (including phenoxy) is 1. The molecule has 0 saturated carbocycles. The summed E-state index contributed by atoms with van der Waals surface area (Å²) in [4.78, 5) is 11.2. The van der Waals surface area contributed by atoms with Crippen molar-refractivity contribution in [1.82, 2.24) is 0 Å². The van der Waals surface area contributed by atoms with Crippen LogP contribution in [-0.4, -0.2) is 5.97 Å². The summed E-state index contributed by atoms with van der Waals surface area (Å²) in [6, 6.07) is 1.72. The summed E-state index contributed by atoms with van der Waals surface area (Å²) in [6.45, 7) is 8.67. The lowest BCUT2D eigenvalue weighted by Crippen LogP contribution is -2.09. The topological polar surface area (TPSA) is 39.4 Å². The van der Waals surface area contributed by atoms with Gasteiger partial charge in [-0.3, -0.25) is 0 Å². The first-order valence-corrected chi connectivity index (χ1v) is 4.16. The molecule has 1 aromatic rings. The number of esters is 1. The Bertz CT molecular complexity index is 335. The van der Waals surface area contributed by atoms with Gasteiger partial charge < -0.3 is 9.15 Å². The van der Waals surface area contributed by atoms with E-state index in [1.54, 1.807) is 13.0 Å². The Morgan fingerprint density at radius 2 is 2.43 bits per heavy atom. The fraction of sp³-hybridized carbons (Fsp3) is 0.182. The number of rotatable bonds is 4. The molecule has 0 aliphatic rings. The van der Waals surface area contributed by atoms with Crippen LogP contribution in [0.5, 0.6) is 0 Å². The van der Waals surface area contributed by atoms with Crippen LogP contribution in [0.1, 0.15) is 18.6 Å². The molecule has 0 N–H and O–H groups in total. The lowest BCUT2D eigenvalue weighted by Gasteiger charge is -2.11. The number of hydrogen-bond donors (Lipinski definition) is 0. The van der Waals surface area contributed by atoms with Crippen LogP contribution in [0.15, 0.2) is 47.8 Å². The van der Waals surface area contributed by atoms with Gasteiger partial charge in [-0.1, -0.05) is 13.2 Å². The largest absolute Gasteiger partial charge is 0.472 e. The smallest absolute Gasteiger partial charge is 0.334 e. The monoisotopic (exact) mass is 192 g/mol. The van der Waals surface area contributed by atoms with Crippen LogP contribution < -0.4 is 0 Å². The third-order valence-electron chi connectivity index (χ3n) is 1.67. The van der Waals surface area contributed by atoms with Crippen molar-refractivity contribution in [3.63, 3.8) is 0 Å². The van der Waals surface area contributed by atoms with Crippen molar-refractivity contribution < 1.29 is 13.9 Å². The average Bonchev–Trinajstić information content (AvgIpc) is 2.66. The number of hydrogen-bond acceptors (Lipinski definition) is 3. The molecular weight excluding hydrogens is 180 g/mol. The van der Waals surface area contributed by atoms with Crippen molar-refractivity contribution in [1.29, 1.82) is 0 Å². The summed E-state index contributed by atoms with van der Waals surface area (Å²) < 4.78 is 9.97. The van der Waals surface area contributed by atoms with Crippen molar-refractivity contribution >= 4 is 5.97 Å². The molecule has 0 fully saturated rings. The molecule has 0 bridgehead atoms. The van der Waals surface area contributed by atoms with Crippen LogP contribution in [0.3, 0.4) is 0 Å². The molecule has 1 heterocycles. The molecule has 0 aliphatic heterocycles. The van der Waals surface area contributed by atoms with Gasteiger partial charge in [-0.2, -0.15) is 0 Å². The molecule has 14 heavy (non-hydrogen) atoms. The van der Waals surface area contributed by atoms with Crippen molar-refractivity contribution in [3.05, 3.63) is 49.0 Å². The predicted octanol–water partition coefficient (Wildman–Crippen LogP) is 2.63. The van der Waals surface area contributed by atoms with E-state index < -0.39 is 12.1 Å². The zero-order valence-electron chi connectivity index (χ0n) is 8.03. The Balaban J connectivity index is 2.70. The van der Waals surface area contributed by atoms with Crippen LogP contribution in [-0.2, 0) is 9.53 Å². The highest BCUT2D eigenvalue weighted by Gasteiger charge is 2.14. The van der Waals surface area contributed by atoms with Crippen molar-refractivity contribution in [3.8, 4) is 0 Å². The van der Waals surface area contributed by atoms with Crippen molar-refractivity contribution in [2.24, 2.45) is 0 Å². The molecule has 0 saturated heterocycles. The van der Waals surface area contributed by atoms with Gasteiger partial charge in [-0.05, 0) is 19.1 Å². The van der Waals surface area contributed by atoms with Crippen LogP contribution in [0.2, 0.25) is 0 Å². The van der Waals surface area contributed by atoms with Gasteiger partial charge in [-0.25, -0.2) is 4.79 Å². The maximum Gasteiger partial charge on any atom is 0.334 e. The zero-order chi connectivity index (χ0) is 10.6. The van der Waals surface area contributed by atoms with Gasteiger partial charge in [0.15, 0.2) is 0 Å². The second-order valence-corrected chi connectivity index (χ2v) is 2.90. The summed E-state index contributed by atoms with van der Waals surface area (Å²) in [7, 11) is 0. The molecule has 0 radical (unpaired) electrons. The van der Waals surface area contributed by atoms with Crippen LogP contribution in [0.4, 0.5) is 0 Å². The molecule has 0 aliphatic carbocycles. The van der Waals surface area contributed by atoms with Crippen LogP contribution in [0.25, 0.3) is 0 Å². The second kappa shape index (κ2) is 4.46. The van der Waals surface area contributed by atoms with Gasteiger partial charge in [-0.15, -0.1) is 0 Å². The summed E-state index contributed by atoms with van der Waals surface area (Å²) >= 11 is 0. The van der Waals surface area contributed by atoms with E-state index in [0.717, 1.165) is 5.56 Å². The minimum absolute atomic E-state index is 0.361. The van der Waals surface area contributed by atoms with E-state index in [1.807, 2.05) is 0 Å². The Kier molecular flexibility index (Phi) is 3.29. The van der Waals surface area contributed by atoms with Gasteiger partial charge in [0.2, 0.25) is 0 Å². The van der Waals surface area contributed by atoms with E-state index >= 15 is 0 Å². The first-order valence-electron chi connectivity index (χ1n) is 4.16. The van der Waals surface area contributed by atoms with Crippen LogP contribution >= 0.6 is 0 Å². The van der Waals surface area contributed by atoms with Gasteiger partial charge in [0, 0.05) is 11.1 Å². The molecule has 3 heteroatoms. The summed E-state index contributed by atoms with van der Waals surface area (Å²) in [5.74, 6) is -0.434. The minimum Gasteiger partial charge on any atom is -0.472 e. The Hall–Kier alpha value is -1.77. The minimum atomic E-state index is -0.474. The fourth-order valence-electron chi connectivity index (χ4n) is 0.905. The maximum atomic E-state index is 11.2. The molecular formula is C11H12O3. The fourth-order valence-corrected chi connectivity index (χ4v) is 0.905. The highest BCUT2D eigenvalue weighted by atomic mass is 16.5. The predicted molar refractivity (Wildman–Crippen MR) is 52.6 cm³/mol. The number of furan rings is 1. The molecule has 1 aromatic heterocycles. The van der Waals surface area contributed by atoms with Crippen molar-refractivity contribution in [2.75, 3.05) is 0 Å². The molecule has 74 valence electrons. The quantitative estimate of drug-likeness (QED) is 0.418. The summed E-state index contributed by atoms with van der Waals surface area (Å²) in [5.41, 5.74) is 1.12. The first kappa shape index (κ1) is 10.3. The highest BCUT2D eigenvalue weighted by molar-refractivity contribution is 5.87. The highest BCUT2D eigenvalue weighted by Crippen LogP contribution is 2.19. The lowest BCUT2D eigenvalue weighted by atomic mass is 10.2. The van der Waals surface area contributed by atoms with Crippen molar-refractivity contribution in [2.45, 2.75) is 13.0 Å².